The van der Waals surface area contributed by atoms with Gasteiger partial charge in [-0.1, -0.05) is 40.0 Å². The third-order valence-corrected chi connectivity index (χ3v) is 4.40. The summed E-state index contributed by atoms with van der Waals surface area (Å²) < 4.78 is 0. The Morgan fingerprint density at radius 3 is 2.47 bits per heavy atom. The molecule has 1 heterocycles. The molecule has 2 rings (SSSR count). The molecule has 3 unspecified atom stereocenters. The summed E-state index contributed by atoms with van der Waals surface area (Å²) in [6.07, 6.45) is 7.38. The minimum atomic E-state index is 0.0539. The Hall–Kier alpha value is -0.570. The van der Waals surface area contributed by atoms with E-state index in [2.05, 4.69) is 37.9 Å². The Morgan fingerprint density at radius 2 is 1.95 bits per heavy atom. The van der Waals surface area contributed by atoms with E-state index in [9.17, 15) is 4.79 Å². The van der Waals surface area contributed by atoms with Crippen molar-refractivity contribution in [2.24, 2.45) is 11.8 Å². The van der Waals surface area contributed by atoms with E-state index < -0.39 is 0 Å². The van der Waals surface area contributed by atoms with Crippen LogP contribution < -0.4 is 5.32 Å². The number of carbonyl (C=O) groups excluding carboxylic acids is 1. The minimum absolute atomic E-state index is 0.0539. The Morgan fingerprint density at radius 1 is 1.26 bits per heavy atom. The molecule has 1 N–H and O–H groups in total. The largest absolute Gasteiger partial charge is 0.323 e. The van der Waals surface area contributed by atoms with Crippen molar-refractivity contribution in [1.29, 1.82) is 0 Å². The SMILES string of the molecule is CCCC1NC(CC(C)C)C(=O)N1C(C)CC1CC1. The first-order valence-electron chi connectivity index (χ1n) is 8.11. The van der Waals surface area contributed by atoms with Gasteiger partial charge in [-0.25, -0.2) is 0 Å². The summed E-state index contributed by atoms with van der Waals surface area (Å²) >= 11 is 0. The molecule has 1 amide bonds. The minimum Gasteiger partial charge on any atom is -0.323 e. The summed E-state index contributed by atoms with van der Waals surface area (Å²) in [7, 11) is 0. The molecule has 1 saturated heterocycles. The van der Waals surface area contributed by atoms with Gasteiger partial charge in [-0.3, -0.25) is 10.1 Å². The van der Waals surface area contributed by atoms with Gasteiger partial charge in [-0.2, -0.15) is 0 Å². The first-order valence-corrected chi connectivity index (χ1v) is 8.11. The van der Waals surface area contributed by atoms with Gasteiger partial charge in [0.2, 0.25) is 5.91 Å². The van der Waals surface area contributed by atoms with Gasteiger partial charge in [-0.05, 0) is 38.0 Å². The number of hydrogen-bond acceptors (Lipinski definition) is 2. The van der Waals surface area contributed by atoms with E-state index in [1.165, 1.54) is 19.3 Å². The third-order valence-electron chi connectivity index (χ3n) is 4.40. The molecule has 3 nitrogen and oxygen atoms in total. The summed E-state index contributed by atoms with van der Waals surface area (Å²) in [5, 5.41) is 3.57. The van der Waals surface area contributed by atoms with Crippen LogP contribution in [-0.2, 0) is 4.79 Å². The van der Waals surface area contributed by atoms with Crippen LogP contribution in [-0.4, -0.2) is 29.1 Å². The van der Waals surface area contributed by atoms with Crippen molar-refractivity contribution in [2.45, 2.75) is 84.5 Å². The van der Waals surface area contributed by atoms with E-state index >= 15 is 0 Å². The second kappa shape index (κ2) is 6.25. The molecular weight excluding hydrogens is 236 g/mol. The van der Waals surface area contributed by atoms with Crippen LogP contribution in [0.2, 0.25) is 0 Å². The molecule has 3 atom stereocenters. The number of amides is 1. The zero-order valence-electron chi connectivity index (χ0n) is 13.0. The molecule has 2 aliphatic rings. The second-order valence-corrected chi connectivity index (χ2v) is 6.93. The number of rotatable bonds is 7. The van der Waals surface area contributed by atoms with E-state index in [0.29, 0.717) is 17.9 Å². The molecule has 1 saturated carbocycles. The monoisotopic (exact) mass is 266 g/mol. The fourth-order valence-electron chi connectivity index (χ4n) is 3.33. The average Bonchev–Trinajstić information content (AvgIpc) is 3.06. The van der Waals surface area contributed by atoms with Crippen LogP contribution in [0.5, 0.6) is 0 Å². The second-order valence-electron chi connectivity index (χ2n) is 6.93. The maximum Gasteiger partial charge on any atom is 0.241 e. The molecule has 1 aliphatic heterocycles. The number of carbonyl (C=O) groups is 1. The fourth-order valence-corrected chi connectivity index (χ4v) is 3.33. The quantitative estimate of drug-likeness (QED) is 0.768. The highest BCUT2D eigenvalue weighted by atomic mass is 16.2. The first kappa shape index (κ1) is 14.8. The summed E-state index contributed by atoms with van der Waals surface area (Å²) in [4.78, 5) is 14.8. The van der Waals surface area contributed by atoms with E-state index in [4.69, 9.17) is 0 Å². The lowest BCUT2D eigenvalue weighted by atomic mass is 10.0. The van der Waals surface area contributed by atoms with Crippen molar-refractivity contribution in [3.63, 3.8) is 0 Å². The molecule has 19 heavy (non-hydrogen) atoms. The molecule has 0 spiro atoms. The van der Waals surface area contributed by atoms with Gasteiger partial charge in [0.25, 0.3) is 0 Å². The highest BCUT2D eigenvalue weighted by Crippen LogP contribution is 2.36. The van der Waals surface area contributed by atoms with Crippen molar-refractivity contribution in [1.82, 2.24) is 10.2 Å². The van der Waals surface area contributed by atoms with Crippen molar-refractivity contribution < 1.29 is 4.79 Å². The molecule has 2 fully saturated rings. The Bertz CT molecular complexity index is 312. The van der Waals surface area contributed by atoms with Crippen LogP contribution in [0.25, 0.3) is 0 Å². The normalized spacial score (nSPS) is 29.3. The fraction of sp³-hybridized carbons (Fsp3) is 0.938. The molecule has 110 valence electrons. The highest BCUT2D eigenvalue weighted by molar-refractivity contribution is 5.84. The van der Waals surface area contributed by atoms with E-state index in [1.54, 1.807) is 0 Å². The molecule has 0 aromatic heterocycles. The van der Waals surface area contributed by atoms with Crippen LogP contribution in [0.3, 0.4) is 0 Å². The predicted molar refractivity (Wildman–Crippen MR) is 78.7 cm³/mol. The van der Waals surface area contributed by atoms with Gasteiger partial charge in [-0.15, -0.1) is 0 Å². The molecule has 0 aromatic rings. The lowest BCUT2D eigenvalue weighted by molar-refractivity contribution is -0.132. The van der Waals surface area contributed by atoms with E-state index in [-0.39, 0.29) is 12.2 Å². The third kappa shape index (κ3) is 3.71. The van der Waals surface area contributed by atoms with Gasteiger partial charge in [0.1, 0.15) is 0 Å². The summed E-state index contributed by atoms with van der Waals surface area (Å²) in [6.45, 7) is 8.82. The highest BCUT2D eigenvalue weighted by Gasteiger charge is 2.41. The van der Waals surface area contributed by atoms with Gasteiger partial charge in [0.05, 0.1) is 12.2 Å². The zero-order chi connectivity index (χ0) is 14.0. The average molecular weight is 266 g/mol. The summed E-state index contributed by atoms with van der Waals surface area (Å²) in [5.41, 5.74) is 0. The molecule has 1 aliphatic carbocycles. The van der Waals surface area contributed by atoms with Gasteiger partial charge >= 0.3 is 0 Å². The van der Waals surface area contributed by atoms with Crippen LogP contribution >= 0.6 is 0 Å². The van der Waals surface area contributed by atoms with Crippen LogP contribution in [0.15, 0.2) is 0 Å². The Labute approximate surface area is 118 Å². The predicted octanol–water partition coefficient (Wildman–Crippen LogP) is 3.15. The lowest BCUT2D eigenvalue weighted by Gasteiger charge is -2.30. The summed E-state index contributed by atoms with van der Waals surface area (Å²) in [5.74, 6) is 1.80. The first-order chi connectivity index (χ1) is 9.02. The smallest absolute Gasteiger partial charge is 0.241 e. The maximum absolute atomic E-state index is 12.6. The van der Waals surface area contributed by atoms with Crippen molar-refractivity contribution in [2.75, 3.05) is 0 Å². The number of hydrogen-bond donors (Lipinski definition) is 1. The standard InChI is InChI=1S/C16H30N2O/c1-5-6-15-17-14(9-11(2)3)16(19)18(15)12(4)10-13-7-8-13/h11-15,17H,5-10H2,1-4H3. The van der Waals surface area contributed by atoms with Crippen LogP contribution in [0.4, 0.5) is 0 Å². The molecule has 0 aromatic carbocycles. The van der Waals surface area contributed by atoms with Crippen LogP contribution in [0, 0.1) is 11.8 Å². The lowest BCUT2D eigenvalue weighted by Crippen LogP contribution is -2.43. The summed E-state index contributed by atoms with van der Waals surface area (Å²) in [6, 6.07) is 0.458. The van der Waals surface area contributed by atoms with Crippen molar-refractivity contribution in [3.05, 3.63) is 0 Å². The van der Waals surface area contributed by atoms with E-state index in [0.717, 1.165) is 25.2 Å². The molecule has 3 heteroatoms. The maximum atomic E-state index is 12.6. The number of nitrogens with one attached hydrogen (secondary N) is 1. The molecule has 0 bridgehead atoms. The Balaban J connectivity index is 2.01. The number of nitrogens with zero attached hydrogens (tertiary/aromatic N) is 1. The van der Waals surface area contributed by atoms with Gasteiger partial charge in [0.15, 0.2) is 0 Å². The molecular formula is C16H30N2O. The van der Waals surface area contributed by atoms with Crippen molar-refractivity contribution in [3.8, 4) is 0 Å². The van der Waals surface area contributed by atoms with Gasteiger partial charge < -0.3 is 4.90 Å². The van der Waals surface area contributed by atoms with Crippen molar-refractivity contribution >= 4 is 5.91 Å². The van der Waals surface area contributed by atoms with Crippen LogP contribution in [0.1, 0.15) is 66.2 Å². The van der Waals surface area contributed by atoms with E-state index in [1.807, 2.05) is 0 Å². The Kier molecular flexibility index (Phi) is 4.88. The zero-order valence-corrected chi connectivity index (χ0v) is 13.0. The van der Waals surface area contributed by atoms with Gasteiger partial charge in [0, 0.05) is 6.04 Å². The topological polar surface area (TPSA) is 32.3 Å². The molecule has 0 radical (unpaired) electrons.